The Balaban J connectivity index is 1.95. The second-order valence-corrected chi connectivity index (χ2v) is 4.32. The summed E-state index contributed by atoms with van der Waals surface area (Å²) >= 11 is 0. The van der Waals surface area contributed by atoms with Gasteiger partial charge in [-0.2, -0.15) is 0 Å². The molecule has 1 amide bonds. The second kappa shape index (κ2) is 6.16. The lowest BCUT2D eigenvalue weighted by Gasteiger charge is -2.11. The normalized spacial score (nSPS) is 12.2. The highest BCUT2D eigenvalue weighted by Crippen LogP contribution is 2.11. The number of fused-ring (bicyclic) bond motifs is 1. The average molecular weight is 277 g/mol. The quantitative estimate of drug-likeness (QED) is 0.688. The van der Waals surface area contributed by atoms with Gasteiger partial charge in [0.05, 0.1) is 24.0 Å². The van der Waals surface area contributed by atoms with E-state index in [1.807, 2.05) is 28.8 Å². The summed E-state index contributed by atoms with van der Waals surface area (Å²) in [6, 6.07) is 6.27. The largest absolute Gasteiger partial charge is 0.480 e. The highest BCUT2D eigenvalue weighted by atomic mass is 16.4. The monoisotopic (exact) mass is 277 g/mol. The first-order chi connectivity index (χ1) is 9.61. The SMILES string of the molecule is O=C(CCn1cnc2ccccc21)NC(CO)C(=O)O. The summed E-state index contributed by atoms with van der Waals surface area (Å²) in [5, 5.41) is 19.8. The Morgan fingerprint density at radius 2 is 2.10 bits per heavy atom. The van der Waals surface area contributed by atoms with Crippen molar-refractivity contribution in [3.05, 3.63) is 30.6 Å². The van der Waals surface area contributed by atoms with E-state index in [2.05, 4.69) is 10.3 Å². The number of imidazole rings is 1. The van der Waals surface area contributed by atoms with Crippen LogP contribution in [-0.2, 0) is 16.1 Å². The number of nitrogens with zero attached hydrogens (tertiary/aromatic N) is 2. The summed E-state index contributed by atoms with van der Waals surface area (Å²) in [6.45, 7) is -0.237. The third-order valence-electron chi connectivity index (χ3n) is 2.92. The fraction of sp³-hybridized carbons (Fsp3) is 0.308. The van der Waals surface area contributed by atoms with Crippen LogP contribution in [0.2, 0.25) is 0 Å². The summed E-state index contributed by atoms with van der Waals surface area (Å²) < 4.78 is 1.82. The van der Waals surface area contributed by atoms with Gasteiger partial charge in [0.15, 0.2) is 0 Å². The molecule has 1 unspecified atom stereocenters. The number of carbonyl (C=O) groups excluding carboxylic acids is 1. The van der Waals surface area contributed by atoms with Crippen molar-refractivity contribution in [1.29, 1.82) is 0 Å². The Hall–Kier alpha value is -2.41. The maximum absolute atomic E-state index is 11.6. The van der Waals surface area contributed by atoms with Crippen LogP contribution in [0.3, 0.4) is 0 Å². The topological polar surface area (TPSA) is 104 Å². The van der Waals surface area contributed by atoms with Crippen LogP contribution < -0.4 is 5.32 Å². The Bertz CT molecular complexity index is 623. The standard InChI is InChI=1S/C13H15N3O4/c17-7-10(13(19)20)15-12(18)5-6-16-8-14-9-3-1-2-4-11(9)16/h1-4,8,10,17H,5-7H2,(H,15,18)(H,19,20). The molecule has 1 aromatic heterocycles. The first-order valence-electron chi connectivity index (χ1n) is 6.14. The molecule has 0 saturated carbocycles. The Kier molecular flexibility index (Phi) is 4.31. The first-order valence-corrected chi connectivity index (χ1v) is 6.14. The molecule has 0 aliphatic carbocycles. The number of amides is 1. The Labute approximate surface area is 114 Å². The summed E-state index contributed by atoms with van der Waals surface area (Å²) in [5.41, 5.74) is 1.75. The first kappa shape index (κ1) is 14.0. The van der Waals surface area contributed by atoms with E-state index in [-0.39, 0.29) is 6.42 Å². The maximum atomic E-state index is 11.6. The smallest absolute Gasteiger partial charge is 0.328 e. The van der Waals surface area contributed by atoms with Gasteiger partial charge in [0.1, 0.15) is 6.04 Å². The van der Waals surface area contributed by atoms with Gasteiger partial charge in [-0.3, -0.25) is 4.79 Å². The van der Waals surface area contributed by atoms with Crippen LogP contribution in [0.25, 0.3) is 11.0 Å². The molecule has 0 aliphatic rings. The Morgan fingerprint density at radius 3 is 2.80 bits per heavy atom. The van der Waals surface area contributed by atoms with E-state index in [1.54, 1.807) is 6.33 Å². The summed E-state index contributed by atoms with van der Waals surface area (Å²) in [5.74, 6) is -1.68. The van der Waals surface area contributed by atoms with Crippen molar-refractivity contribution >= 4 is 22.9 Å². The van der Waals surface area contributed by atoms with Gasteiger partial charge in [0, 0.05) is 13.0 Å². The van der Waals surface area contributed by atoms with E-state index in [0.717, 1.165) is 11.0 Å². The van der Waals surface area contributed by atoms with Crippen molar-refractivity contribution in [2.75, 3.05) is 6.61 Å². The van der Waals surface area contributed by atoms with Gasteiger partial charge >= 0.3 is 5.97 Å². The van der Waals surface area contributed by atoms with Crippen LogP contribution in [0.15, 0.2) is 30.6 Å². The van der Waals surface area contributed by atoms with E-state index in [1.165, 1.54) is 0 Å². The van der Waals surface area contributed by atoms with Gasteiger partial charge < -0.3 is 20.1 Å². The molecule has 0 radical (unpaired) electrons. The number of nitrogens with one attached hydrogen (secondary N) is 1. The number of hydrogen-bond donors (Lipinski definition) is 3. The number of aromatic nitrogens is 2. The van der Waals surface area contributed by atoms with E-state index in [9.17, 15) is 9.59 Å². The molecule has 2 rings (SSSR count). The minimum Gasteiger partial charge on any atom is -0.480 e. The highest BCUT2D eigenvalue weighted by molar-refractivity contribution is 5.83. The molecule has 7 nitrogen and oxygen atoms in total. The second-order valence-electron chi connectivity index (χ2n) is 4.32. The van der Waals surface area contributed by atoms with E-state index in [0.29, 0.717) is 6.54 Å². The molecule has 2 aromatic rings. The van der Waals surface area contributed by atoms with Crippen molar-refractivity contribution in [3.63, 3.8) is 0 Å². The van der Waals surface area contributed by atoms with Crippen molar-refractivity contribution in [3.8, 4) is 0 Å². The summed E-state index contributed by atoms with van der Waals surface area (Å²) in [7, 11) is 0. The van der Waals surface area contributed by atoms with Crippen LogP contribution in [0, 0.1) is 0 Å². The van der Waals surface area contributed by atoms with Crippen LogP contribution in [0.1, 0.15) is 6.42 Å². The lowest BCUT2D eigenvalue weighted by molar-refractivity contribution is -0.143. The van der Waals surface area contributed by atoms with Gasteiger partial charge in [0.2, 0.25) is 5.91 Å². The van der Waals surface area contributed by atoms with Crippen molar-refractivity contribution in [2.45, 2.75) is 19.0 Å². The van der Waals surface area contributed by atoms with E-state index in [4.69, 9.17) is 10.2 Å². The maximum Gasteiger partial charge on any atom is 0.328 e. The van der Waals surface area contributed by atoms with Gasteiger partial charge in [-0.25, -0.2) is 9.78 Å². The molecule has 20 heavy (non-hydrogen) atoms. The number of aryl methyl sites for hydroxylation is 1. The number of aliphatic hydroxyl groups excluding tert-OH is 1. The number of para-hydroxylation sites is 2. The fourth-order valence-electron chi connectivity index (χ4n) is 1.86. The third kappa shape index (κ3) is 3.12. The lowest BCUT2D eigenvalue weighted by atomic mass is 10.3. The van der Waals surface area contributed by atoms with Crippen molar-refractivity contribution < 1.29 is 19.8 Å². The predicted octanol–water partition coefficient (Wildman–Crippen LogP) is -0.0119. The van der Waals surface area contributed by atoms with Gasteiger partial charge in [-0.1, -0.05) is 12.1 Å². The minimum absolute atomic E-state index is 0.115. The number of aliphatic hydroxyl groups is 1. The highest BCUT2D eigenvalue weighted by Gasteiger charge is 2.18. The zero-order chi connectivity index (χ0) is 14.5. The van der Waals surface area contributed by atoms with Crippen LogP contribution in [0.5, 0.6) is 0 Å². The summed E-state index contributed by atoms with van der Waals surface area (Å²) in [6.07, 6.45) is 1.75. The number of hydrogen-bond acceptors (Lipinski definition) is 4. The van der Waals surface area contributed by atoms with Crippen LogP contribution >= 0.6 is 0 Å². The predicted molar refractivity (Wildman–Crippen MR) is 71.0 cm³/mol. The molecular formula is C13H15N3O4. The number of aliphatic carboxylic acids is 1. The van der Waals surface area contributed by atoms with Crippen molar-refractivity contribution in [2.24, 2.45) is 0 Å². The van der Waals surface area contributed by atoms with Gasteiger partial charge in [0.25, 0.3) is 0 Å². The third-order valence-corrected chi connectivity index (χ3v) is 2.92. The van der Waals surface area contributed by atoms with E-state index >= 15 is 0 Å². The molecule has 0 saturated heterocycles. The average Bonchev–Trinajstić information content (AvgIpc) is 2.85. The number of carboxylic acids is 1. The Morgan fingerprint density at radius 1 is 1.35 bits per heavy atom. The number of benzene rings is 1. The van der Waals surface area contributed by atoms with Gasteiger partial charge in [-0.15, -0.1) is 0 Å². The number of carboxylic acid groups (broad SMARTS) is 1. The summed E-state index contributed by atoms with van der Waals surface area (Å²) in [4.78, 5) is 26.5. The minimum atomic E-state index is -1.26. The molecule has 3 N–H and O–H groups in total. The molecule has 0 spiro atoms. The van der Waals surface area contributed by atoms with Gasteiger partial charge in [-0.05, 0) is 12.1 Å². The molecule has 0 bridgehead atoms. The van der Waals surface area contributed by atoms with Crippen LogP contribution in [-0.4, -0.2) is 44.3 Å². The molecular weight excluding hydrogens is 262 g/mol. The van der Waals surface area contributed by atoms with Crippen molar-refractivity contribution in [1.82, 2.24) is 14.9 Å². The lowest BCUT2D eigenvalue weighted by Crippen LogP contribution is -2.43. The molecule has 1 aromatic carbocycles. The molecule has 1 heterocycles. The molecule has 106 valence electrons. The number of carbonyl (C=O) groups is 2. The zero-order valence-corrected chi connectivity index (χ0v) is 10.7. The molecule has 0 aliphatic heterocycles. The zero-order valence-electron chi connectivity index (χ0n) is 10.7. The molecule has 7 heteroatoms. The van der Waals surface area contributed by atoms with Crippen LogP contribution in [0.4, 0.5) is 0 Å². The fourth-order valence-corrected chi connectivity index (χ4v) is 1.86. The molecule has 1 atom stereocenters. The molecule has 0 fully saturated rings. The van der Waals surface area contributed by atoms with E-state index < -0.39 is 24.5 Å². The number of rotatable bonds is 6.